The molecule has 1 amide bonds. The molecule has 1 aliphatic carbocycles. The molecule has 0 spiro atoms. The summed E-state index contributed by atoms with van der Waals surface area (Å²) in [6, 6.07) is 0.139. The Hall–Kier alpha value is -1.59. The van der Waals surface area contributed by atoms with Crippen LogP contribution in [0.5, 0.6) is 0 Å². The summed E-state index contributed by atoms with van der Waals surface area (Å²) in [5.74, 6) is -1.97. The average molecular weight is 367 g/mol. The number of cyclic esters (lactones) is 1. The molecule has 148 valence electrons. The Bertz CT molecular complexity index is 514. The number of hydrogen-bond donors (Lipinski definition) is 1. The summed E-state index contributed by atoms with van der Waals surface area (Å²) in [7, 11) is 0. The Morgan fingerprint density at radius 1 is 1.19 bits per heavy atom. The summed E-state index contributed by atoms with van der Waals surface area (Å²) in [5, 5.41) is 3.02. The van der Waals surface area contributed by atoms with Crippen LogP contribution in [0.1, 0.15) is 78.6 Å². The summed E-state index contributed by atoms with van der Waals surface area (Å²) >= 11 is 0. The molecule has 0 aromatic carbocycles. The molecule has 3 atom stereocenters. The van der Waals surface area contributed by atoms with E-state index in [1.54, 1.807) is 13.8 Å². The number of carbonyl (C=O) groups excluding carboxylic acids is 3. The summed E-state index contributed by atoms with van der Waals surface area (Å²) in [6.45, 7) is 5.75. The molecule has 26 heavy (non-hydrogen) atoms. The Morgan fingerprint density at radius 3 is 2.50 bits per heavy atom. The Morgan fingerprint density at radius 2 is 1.88 bits per heavy atom. The molecule has 1 aliphatic heterocycles. The first kappa shape index (κ1) is 20.7. The molecular formula is C20H33NO5. The lowest BCUT2D eigenvalue weighted by Crippen LogP contribution is -2.47. The van der Waals surface area contributed by atoms with Crippen molar-refractivity contribution in [2.45, 2.75) is 90.7 Å². The van der Waals surface area contributed by atoms with Crippen molar-refractivity contribution in [1.82, 2.24) is 5.32 Å². The van der Waals surface area contributed by atoms with Gasteiger partial charge in [0.15, 0.2) is 11.5 Å². The SMILES string of the molecule is CCCCC[C@]1(C(=O)OCC)C(=O)O[C@H](C(=O)NC2CCCCC2)[C@H]1C. The number of amides is 1. The lowest BCUT2D eigenvalue weighted by atomic mass is 9.72. The van der Waals surface area contributed by atoms with E-state index in [1.807, 2.05) is 0 Å². The molecule has 0 unspecified atom stereocenters. The van der Waals surface area contributed by atoms with Gasteiger partial charge in [0.2, 0.25) is 0 Å². The molecule has 6 heteroatoms. The molecule has 0 aromatic rings. The predicted molar refractivity (Wildman–Crippen MR) is 97.3 cm³/mol. The van der Waals surface area contributed by atoms with E-state index in [0.29, 0.717) is 6.42 Å². The van der Waals surface area contributed by atoms with Gasteiger partial charge in [0, 0.05) is 12.0 Å². The number of hydrogen-bond acceptors (Lipinski definition) is 5. The van der Waals surface area contributed by atoms with Gasteiger partial charge in [-0.05, 0) is 26.2 Å². The second-order valence-electron chi connectivity index (χ2n) is 7.61. The van der Waals surface area contributed by atoms with Crippen LogP contribution in [0.4, 0.5) is 0 Å². The largest absolute Gasteiger partial charge is 0.465 e. The van der Waals surface area contributed by atoms with Crippen LogP contribution in [-0.2, 0) is 23.9 Å². The van der Waals surface area contributed by atoms with Crippen molar-refractivity contribution >= 4 is 17.8 Å². The molecule has 1 saturated heterocycles. The normalized spacial score (nSPS) is 29.3. The van der Waals surface area contributed by atoms with Gasteiger partial charge in [0.05, 0.1) is 6.61 Å². The van der Waals surface area contributed by atoms with E-state index in [0.717, 1.165) is 44.9 Å². The number of nitrogens with one attached hydrogen (secondary N) is 1. The number of ether oxygens (including phenoxy) is 2. The molecule has 1 N–H and O–H groups in total. The zero-order chi connectivity index (χ0) is 19.2. The van der Waals surface area contributed by atoms with Crippen LogP contribution in [0.3, 0.4) is 0 Å². The van der Waals surface area contributed by atoms with E-state index in [9.17, 15) is 14.4 Å². The molecule has 1 saturated carbocycles. The molecule has 0 aromatic heterocycles. The zero-order valence-corrected chi connectivity index (χ0v) is 16.3. The molecule has 2 rings (SSSR count). The van der Waals surface area contributed by atoms with E-state index in [1.165, 1.54) is 6.42 Å². The first-order chi connectivity index (χ1) is 12.5. The van der Waals surface area contributed by atoms with Crippen LogP contribution >= 0.6 is 0 Å². The van der Waals surface area contributed by atoms with E-state index in [-0.39, 0.29) is 18.6 Å². The minimum atomic E-state index is -1.36. The van der Waals surface area contributed by atoms with Gasteiger partial charge in [-0.3, -0.25) is 14.4 Å². The number of esters is 2. The molecule has 1 heterocycles. The number of unbranched alkanes of at least 4 members (excludes halogenated alkanes) is 2. The van der Waals surface area contributed by atoms with Crippen LogP contribution < -0.4 is 5.32 Å². The third kappa shape index (κ3) is 4.21. The third-order valence-electron chi connectivity index (χ3n) is 5.85. The van der Waals surface area contributed by atoms with Crippen molar-refractivity contribution in [1.29, 1.82) is 0 Å². The van der Waals surface area contributed by atoms with Gasteiger partial charge in [0.25, 0.3) is 5.91 Å². The molecule has 0 radical (unpaired) electrons. The maximum Gasteiger partial charge on any atom is 0.324 e. The van der Waals surface area contributed by atoms with Gasteiger partial charge < -0.3 is 14.8 Å². The standard InChI is InChI=1S/C20H33NO5/c1-4-6-10-13-20(18(23)25-5-2)14(3)16(26-19(20)24)17(22)21-15-11-8-7-9-12-15/h14-16H,4-13H2,1-3H3,(H,21,22)/t14-,16+,20+/m1/s1. The third-order valence-corrected chi connectivity index (χ3v) is 5.85. The first-order valence-corrected chi connectivity index (χ1v) is 10.2. The van der Waals surface area contributed by atoms with Crippen LogP contribution in [0.25, 0.3) is 0 Å². The minimum Gasteiger partial charge on any atom is -0.465 e. The minimum absolute atomic E-state index is 0.139. The van der Waals surface area contributed by atoms with Gasteiger partial charge in [0.1, 0.15) is 0 Å². The average Bonchev–Trinajstić information content (AvgIpc) is 2.88. The summed E-state index contributed by atoms with van der Waals surface area (Å²) in [6.07, 6.45) is 7.40. The van der Waals surface area contributed by atoms with Crippen molar-refractivity contribution in [3.63, 3.8) is 0 Å². The van der Waals surface area contributed by atoms with Gasteiger partial charge in [-0.1, -0.05) is 52.4 Å². The fraction of sp³-hybridized carbons (Fsp3) is 0.850. The summed E-state index contributed by atoms with van der Waals surface area (Å²) in [4.78, 5) is 38.1. The molecule has 0 bridgehead atoms. The van der Waals surface area contributed by atoms with Crippen molar-refractivity contribution in [2.75, 3.05) is 6.61 Å². The number of carbonyl (C=O) groups is 3. The van der Waals surface area contributed by atoms with E-state index in [2.05, 4.69) is 12.2 Å². The van der Waals surface area contributed by atoms with Crippen LogP contribution in [0, 0.1) is 11.3 Å². The highest BCUT2D eigenvalue weighted by atomic mass is 16.6. The Labute approximate surface area is 156 Å². The smallest absolute Gasteiger partial charge is 0.324 e. The molecule has 2 fully saturated rings. The van der Waals surface area contributed by atoms with Crippen LogP contribution in [-0.4, -0.2) is 36.6 Å². The monoisotopic (exact) mass is 367 g/mol. The topological polar surface area (TPSA) is 81.7 Å². The van der Waals surface area contributed by atoms with Gasteiger partial charge in [-0.15, -0.1) is 0 Å². The van der Waals surface area contributed by atoms with Crippen molar-refractivity contribution in [3.8, 4) is 0 Å². The molecule has 6 nitrogen and oxygen atoms in total. The highest BCUT2D eigenvalue weighted by Gasteiger charge is 2.62. The highest BCUT2D eigenvalue weighted by molar-refractivity contribution is 6.04. The lowest BCUT2D eigenvalue weighted by Gasteiger charge is -2.28. The summed E-state index contributed by atoms with van der Waals surface area (Å²) in [5.41, 5.74) is -1.36. The zero-order valence-electron chi connectivity index (χ0n) is 16.3. The Kier molecular flexibility index (Phi) is 7.47. The van der Waals surface area contributed by atoms with Crippen molar-refractivity contribution in [2.24, 2.45) is 11.3 Å². The molecular weight excluding hydrogens is 334 g/mol. The molecule has 2 aliphatic rings. The fourth-order valence-corrected chi connectivity index (χ4v) is 4.19. The quantitative estimate of drug-likeness (QED) is 0.405. The fourth-order valence-electron chi connectivity index (χ4n) is 4.19. The van der Waals surface area contributed by atoms with Crippen molar-refractivity contribution < 1.29 is 23.9 Å². The van der Waals surface area contributed by atoms with E-state index >= 15 is 0 Å². The van der Waals surface area contributed by atoms with E-state index < -0.39 is 29.4 Å². The highest BCUT2D eigenvalue weighted by Crippen LogP contribution is 2.45. The maximum absolute atomic E-state index is 12.7. The van der Waals surface area contributed by atoms with E-state index in [4.69, 9.17) is 9.47 Å². The van der Waals surface area contributed by atoms with Crippen LogP contribution in [0.2, 0.25) is 0 Å². The predicted octanol–water partition coefficient (Wildman–Crippen LogP) is 3.13. The second-order valence-corrected chi connectivity index (χ2v) is 7.61. The van der Waals surface area contributed by atoms with Gasteiger partial charge in [-0.25, -0.2) is 0 Å². The lowest BCUT2D eigenvalue weighted by molar-refractivity contribution is -0.167. The maximum atomic E-state index is 12.7. The summed E-state index contributed by atoms with van der Waals surface area (Å²) < 4.78 is 10.6. The van der Waals surface area contributed by atoms with Crippen molar-refractivity contribution in [3.05, 3.63) is 0 Å². The van der Waals surface area contributed by atoms with Gasteiger partial charge >= 0.3 is 11.9 Å². The van der Waals surface area contributed by atoms with Crippen LogP contribution in [0.15, 0.2) is 0 Å². The first-order valence-electron chi connectivity index (χ1n) is 10.2. The Balaban J connectivity index is 2.14. The van der Waals surface area contributed by atoms with Gasteiger partial charge in [-0.2, -0.15) is 0 Å². The second kappa shape index (κ2) is 9.38. The number of rotatable bonds is 8.